The number of hydrogen-bond acceptors (Lipinski definition) is 5. The van der Waals surface area contributed by atoms with Gasteiger partial charge in [0.2, 0.25) is 10.0 Å². The van der Waals surface area contributed by atoms with Crippen molar-refractivity contribution in [3.05, 3.63) is 35.9 Å². The number of hydrogen-bond donors (Lipinski definition) is 1. The molecule has 1 aliphatic heterocycles. The molecule has 22 heavy (non-hydrogen) atoms. The zero-order valence-corrected chi connectivity index (χ0v) is 14.1. The van der Waals surface area contributed by atoms with Crippen molar-refractivity contribution in [3.63, 3.8) is 0 Å². The number of sulfone groups is 1. The third kappa shape index (κ3) is 5.05. The molecule has 1 N–H and O–H groups in total. The van der Waals surface area contributed by atoms with Crippen LogP contribution in [-0.4, -0.2) is 47.2 Å². The molecule has 1 aromatic carbocycles. The summed E-state index contributed by atoms with van der Waals surface area (Å²) < 4.78 is 55.5. The van der Waals surface area contributed by atoms with E-state index in [2.05, 4.69) is 4.72 Å². The van der Waals surface area contributed by atoms with E-state index in [9.17, 15) is 16.8 Å². The largest absolute Gasteiger partial charge is 0.376 e. The lowest BCUT2D eigenvalue weighted by Gasteiger charge is -2.24. The van der Waals surface area contributed by atoms with Gasteiger partial charge in [-0.15, -0.1) is 0 Å². The van der Waals surface area contributed by atoms with E-state index in [0.717, 1.165) is 5.56 Å². The molecule has 6 nitrogen and oxygen atoms in total. The van der Waals surface area contributed by atoms with Gasteiger partial charge in [-0.25, -0.2) is 21.6 Å². The predicted molar refractivity (Wildman–Crippen MR) is 84.8 cm³/mol. The highest BCUT2D eigenvalue weighted by Gasteiger charge is 2.29. The summed E-state index contributed by atoms with van der Waals surface area (Å²) in [5.74, 6) is -0.227. The average molecular weight is 347 g/mol. The van der Waals surface area contributed by atoms with E-state index in [1.807, 2.05) is 18.2 Å². The fraction of sp³-hybridized carbons (Fsp3) is 0.571. The summed E-state index contributed by atoms with van der Waals surface area (Å²) in [6, 6.07) is 8.53. The van der Waals surface area contributed by atoms with Crippen LogP contribution in [0.3, 0.4) is 0 Å². The van der Waals surface area contributed by atoms with Crippen LogP contribution in [0.4, 0.5) is 0 Å². The molecule has 1 aromatic rings. The quantitative estimate of drug-likeness (QED) is 0.825. The number of nitrogens with one attached hydrogen (secondary N) is 1. The summed E-state index contributed by atoms with van der Waals surface area (Å²) in [5.41, 5.74) is 0.770. The van der Waals surface area contributed by atoms with Crippen molar-refractivity contribution in [2.45, 2.75) is 25.0 Å². The molecule has 0 saturated carbocycles. The normalized spacial score (nSPS) is 23.0. The zero-order chi connectivity index (χ0) is 16.2. The highest BCUT2D eigenvalue weighted by molar-refractivity contribution is 7.91. The van der Waals surface area contributed by atoms with Crippen LogP contribution in [0.2, 0.25) is 0 Å². The van der Waals surface area contributed by atoms with Crippen molar-refractivity contribution in [1.29, 1.82) is 0 Å². The number of benzene rings is 1. The molecule has 0 amide bonds. The van der Waals surface area contributed by atoms with Crippen molar-refractivity contribution >= 4 is 19.9 Å². The molecule has 2 unspecified atom stereocenters. The van der Waals surface area contributed by atoms with Gasteiger partial charge < -0.3 is 4.74 Å². The highest BCUT2D eigenvalue weighted by Crippen LogP contribution is 2.19. The summed E-state index contributed by atoms with van der Waals surface area (Å²) >= 11 is 0. The summed E-state index contributed by atoms with van der Waals surface area (Å²) in [5, 5.41) is 0. The second kappa shape index (κ2) is 7.08. The molecule has 0 spiro atoms. The van der Waals surface area contributed by atoms with Crippen LogP contribution in [0, 0.1) is 0 Å². The molecular weight excluding hydrogens is 326 g/mol. The second-order valence-electron chi connectivity index (χ2n) is 5.49. The number of sulfonamides is 1. The van der Waals surface area contributed by atoms with E-state index in [1.165, 1.54) is 7.11 Å². The van der Waals surface area contributed by atoms with Crippen LogP contribution >= 0.6 is 0 Å². The van der Waals surface area contributed by atoms with Gasteiger partial charge in [-0.1, -0.05) is 30.3 Å². The maximum atomic E-state index is 12.3. The Kier molecular flexibility index (Phi) is 5.60. The van der Waals surface area contributed by atoms with Crippen molar-refractivity contribution < 1.29 is 21.6 Å². The van der Waals surface area contributed by atoms with Crippen molar-refractivity contribution in [3.8, 4) is 0 Å². The molecular formula is C14H21NO5S2. The molecule has 1 saturated heterocycles. The molecule has 0 bridgehead atoms. The minimum absolute atomic E-state index is 0.130. The fourth-order valence-electron chi connectivity index (χ4n) is 2.59. The topological polar surface area (TPSA) is 89.5 Å². The van der Waals surface area contributed by atoms with Gasteiger partial charge in [0.05, 0.1) is 23.4 Å². The Morgan fingerprint density at radius 3 is 2.59 bits per heavy atom. The van der Waals surface area contributed by atoms with Crippen LogP contribution in [-0.2, 0) is 24.6 Å². The first-order chi connectivity index (χ1) is 10.3. The van der Waals surface area contributed by atoms with Crippen LogP contribution in [0.25, 0.3) is 0 Å². The maximum Gasteiger partial charge on any atom is 0.214 e. The van der Waals surface area contributed by atoms with E-state index >= 15 is 0 Å². The van der Waals surface area contributed by atoms with E-state index in [1.54, 1.807) is 12.1 Å². The van der Waals surface area contributed by atoms with E-state index < -0.39 is 32.0 Å². The van der Waals surface area contributed by atoms with Crippen LogP contribution in [0.1, 0.15) is 24.5 Å². The van der Waals surface area contributed by atoms with Gasteiger partial charge in [-0.3, -0.25) is 0 Å². The molecule has 2 atom stereocenters. The number of methoxy groups -OCH3 is 1. The van der Waals surface area contributed by atoms with Gasteiger partial charge in [0.15, 0.2) is 9.84 Å². The molecule has 2 rings (SSSR count). The fourth-order valence-corrected chi connectivity index (χ4v) is 5.86. The monoisotopic (exact) mass is 347 g/mol. The Morgan fingerprint density at radius 2 is 2.00 bits per heavy atom. The first kappa shape index (κ1) is 17.4. The van der Waals surface area contributed by atoms with E-state index in [0.29, 0.717) is 12.8 Å². The van der Waals surface area contributed by atoms with E-state index in [-0.39, 0.29) is 17.3 Å². The van der Waals surface area contributed by atoms with E-state index in [4.69, 9.17) is 4.74 Å². The number of rotatable bonds is 6. The Labute approximate surface area is 131 Å². The summed E-state index contributed by atoms with van der Waals surface area (Å²) in [6.07, 6.45) is 0.447. The molecule has 1 aliphatic rings. The lowest BCUT2D eigenvalue weighted by Crippen LogP contribution is -2.44. The van der Waals surface area contributed by atoms with Gasteiger partial charge >= 0.3 is 0 Å². The Bertz CT molecular complexity index is 685. The average Bonchev–Trinajstić information content (AvgIpc) is 2.44. The third-order valence-electron chi connectivity index (χ3n) is 3.64. The molecule has 0 aromatic heterocycles. The zero-order valence-electron chi connectivity index (χ0n) is 12.4. The first-order valence-corrected chi connectivity index (χ1v) is 10.6. The molecule has 0 radical (unpaired) electrons. The Balaban J connectivity index is 2.04. The third-order valence-corrected chi connectivity index (χ3v) is 6.89. The van der Waals surface area contributed by atoms with Crippen molar-refractivity contribution in [2.75, 3.05) is 24.4 Å². The molecule has 0 aliphatic carbocycles. The second-order valence-corrected chi connectivity index (χ2v) is 9.52. The van der Waals surface area contributed by atoms with Crippen molar-refractivity contribution in [2.24, 2.45) is 0 Å². The van der Waals surface area contributed by atoms with Gasteiger partial charge in [0.25, 0.3) is 0 Å². The number of ether oxygens (including phenoxy) is 1. The van der Waals surface area contributed by atoms with Gasteiger partial charge in [-0.05, 0) is 18.4 Å². The first-order valence-electron chi connectivity index (χ1n) is 7.09. The van der Waals surface area contributed by atoms with Crippen LogP contribution in [0.5, 0.6) is 0 Å². The summed E-state index contributed by atoms with van der Waals surface area (Å²) in [7, 11) is -5.32. The van der Waals surface area contributed by atoms with Crippen LogP contribution < -0.4 is 4.72 Å². The molecule has 1 fully saturated rings. The SMILES string of the molecule is COC(CS(=O)(=O)NC1CCCS(=O)(=O)C1)c1ccccc1. The Hall–Kier alpha value is -0.960. The minimum Gasteiger partial charge on any atom is -0.376 e. The smallest absolute Gasteiger partial charge is 0.214 e. The molecule has 124 valence electrons. The minimum atomic E-state index is -3.63. The maximum absolute atomic E-state index is 12.3. The summed E-state index contributed by atoms with van der Waals surface area (Å²) in [6.45, 7) is 0. The molecule has 1 heterocycles. The highest BCUT2D eigenvalue weighted by atomic mass is 32.2. The van der Waals surface area contributed by atoms with Gasteiger partial charge in [-0.2, -0.15) is 0 Å². The lowest BCUT2D eigenvalue weighted by atomic mass is 10.1. The summed E-state index contributed by atoms with van der Waals surface area (Å²) in [4.78, 5) is 0. The standard InChI is InChI=1S/C14H21NO5S2/c1-20-14(12-6-3-2-4-7-12)11-22(18,19)15-13-8-5-9-21(16,17)10-13/h2-4,6-7,13-15H,5,8-11H2,1H3. The Morgan fingerprint density at radius 1 is 1.32 bits per heavy atom. The lowest BCUT2D eigenvalue weighted by molar-refractivity contribution is 0.121. The predicted octanol–water partition coefficient (Wildman–Crippen LogP) is 0.871. The van der Waals surface area contributed by atoms with Crippen LogP contribution in [0.15, 0.2) is 30.3 Å². The van der Waals surface area contributed by atoms with Crippen molar-refractivity contribution in [1.82, 2.24) is 4.72 Å². The molecule has 8 heteroatoms. The van der Waals surface area contributed by atoms with Gasteiger partial charge in [0.1, 0.15) is 0 Å². The van der Waals surface area contributed by atoms with Gasteiger partial charge in [0, 0.05) is 13.2 Å².